The van der Waals surface area contributed by atoms with Gasteiger partial charge in [-0.1, -0.05) is 0 Å². The number of aryl methyl sites for hydroxylation is 2. The Morgan fingerprint density at radius 2 is 1.94 bits per heavy atom. The largest absolute Gasteiger partial charge is 0.307 e. The summed E-state index contributed by atoms with van der Waals surface area (Å²) in [5, 5.41) is 7.88. The fraction of sp³-hybridized carbons (Fsp3) is 0.455. The van der Waals surface area contributed by atoms with Gasteiger partial charge in [-0.25, -0.2) is 9.50 Å². The van der Waals surface area contributed by atoms with Gasteiger partial charge in [0.25, 0.3) is 0 Å². The van der Waals surface area contributed by atoms with Crippen LogP contribution in [0.4, 0.5) is 0 Å². The smallest absolute Gasteiger partial charge is 0.160 e. The van der Waals surface area contributed by atoms with Gasteiger partial charge in [0.15, 0.2) is 5.65 Å². The third-order valence-corrected chi connectivity index (χ3v) is 3.31. The number of rotatable bonds is 0. The van der Waals surface area contributed by atoms with Crippen molar-refractivity contribution < 1.29 is 0 Å². The third-order valence-electron chi connectivity index (χ3n) is 3.31. The first kappa shape index (κ1) is 11.4. The number of halogens is 1. The lowest BCUT2D eigenvalue weighted by Gasteiger charge is -2.06. The van der Waals surface area contributed by atoms with Gasteiger partial charge in [0.1, 0.15) is 0 Å². The molecule has 4 nitrogen and oxygen atoms in total. The van der Waals surface area contributed by atoms with E-state index in [2.05, 4.69) is 36.2 Å². The molecule has 0 atom stereocenters. The molecule has 1 N–H and O–H groups in total. The van der Waals surface area contributed by atoms with Crippen LogP contribution in [0.3, 0.4) is 0 Å². The number of hydrogen-bond donors (Lipinski definition) is 1. The zero-order chi connectivity index (χ0) is 10.6. The predicted molar refractivity (Wildman–Crippen MR) is 65.0 cm³/mol. The minimum atomic E-state index is 0. The second-order valence-electron chi connectivity index (χ2n) is 4.17. The molecular weight excluding hydrogens is 224 g/mol. The van der Waals surface area contributed by atoms with Gasteiger partial charge in [0.05, 0.1) is 5.69 Å². The molecular formula is C11H15ClN4. The van der Waals surface area contributed by atoms with Gasteiger partial charge in [0.2, 0.25) is 0 Å². The standard InChI is InChI=1S/C11H14N4.ClH/c1-6-7(2)13-11-9-4-12-5-10(9)14-15(11)8(6)3;/h12H,4-5H2,1-3H3;1H. The van der Waals surface area contributed by atoms with E-state index in [1.807, 2.05) is 4.52 Å². The quantitative estimate of drug-likeness (QED) is 0.760. The Morgan fingerprint density at radius 3 is 2.69 bits per heavy atom. The number of hydrogen-bond acceptors (Lipinski definition) is 3. The van der Waals surface area contributed by atoms with E-state index < -0.39 is 0 Å². The first-order valence-corrected chi connectivity index (χ1v) is 5.23. The molecule has 0 bridgehead atoms. The molecule has 2 aromatic rings. The zero-order valence-electron chi connectivity index (χ0n) is 9.66. The fourth-order valence-corrected chi connectivity index (χ4v) is 2.13. The Kier molecular flexibility index (Phi) is 2.64. The molecule has 1 aliphatic rings. The highest BCUT2D eigenvalue weighted by molar-refractivity contribution is 5.85. The van der Waals surface area contributed by atoms with E-state index in [4.69, 9.17) is 0 Å². The number of nitrogens with zero attached hydrogens (tertiary/aromatic N) is 3. The summed E-state index contributed by atoms with van der Waals surface area (Å²) in [7, 11) is 0. The van der Waals surface area contributed by atoms with Gasteiger partial charge in [0, 0.05) is 30.0 Å². The molecule has 0 saturated carbocycles. The van der Waals surface area contributed by atoms with Crippen molar-refractivity contribution in [3.8, 4) is 0 Å². The Balaban J connectivity index is 0.000000963. The van der Waals surface area contributed by atoms with Crippen LogP contribution in [-0.2, 0) is 13.1 Å². The molecule has 0 saturated heterocycles. The third kappa shape index (κ3) is 1.33. The summed E-state index contributed by atoms with van der Waals surface area (Å²) >= 11 is 0. The molecule has 0 radical (unpaired) electrons. The highest BCUT2D eigenvalue weighted by Gasteiger charge is 2.20. The Morgan fingerprint density at radius 1 is 1.19 bits per heavy atom. The van der Waals surface area contributed by atoms with E-state index in [-0.39, 0.29) is 12.4 Å². The second kappa shape index (κ2) is 3.71. The fourth-order valence-electron chi connectivity index (χ4n) is 2.13. The van der Waals surface area contributed by atoms with E-state index in [1.165, 1.54) is 16.8 Å². The zero-order valence-corrected chi connectivity index (χ0v) is 10.5. The minimum Gasteiger partial charge on any atom is -0.307 e. The lowest BCUT2D eigenvalue weighted by Crippen LogP contribution is -2.07. The summed E-state index contributed by atoms with van der Waals surface area (Å²) < 4.78 is 1.98. The maximum absolute atomic E-state index is 4.63. The van der Waals surface area contributed by atoms with Crippen molar-refractivity contribution in [2.75, 3.05) is 0 Å². The number of aromatic nitrogens is 3. The Hall–Kier alpha value is -1.13. The van der Waals surface area contributed by atoms with Gasteiger partial charge < -0.3 is 5.32 Å². The molecule has 0 unspecified atom stereocenters. The van der Waals surface area contributed by atoms with Crippen molar-refractivity contribution in [3.63, 3.8) is 0 Å². The van der Waals surface area contributed by atoms with Crippen molar-refractivity contribution in [1.29, 1.82) is 0 Å². The molecule has 0 aliphatic carbocycles. The average molecular weight is 239 g/mol. The molecule has 0 aromatic carbocycles. The molecule has 2 aromatic heterocycles. The molecule has 3 rings (SSSR count). The van der Waals surface area contributed by atoms with Crippen LogP contribution in [0.25, 0.3) is 5.65 Å². The molecule has 3 heterocycles. The Labute approximate surface area is 100 Å². The lowest BCUT2D eigenvalue weighted by atomic mass is 10.2. The molecule has 1 aliphatic heterocycles. The summed E-state index contributed by atoms with van der Waals surface area (Å²) in [4.78, 5) is 4.63. The molecule has 16 heavy (non-hydrogen) atoms. The first-order valence-electron chi connectivity index (χ1n) is 5.23. The van der Waals surface area contributed by atoms with Gasteiger partial charge in [-0.05, 0) is 26.3 Å². The van der Waals surface area contributed by atoms with Crippen molar-refractivity contribution in [3.05, 3.63) is 28.2 Å². The number of nitrogens with one attached hydrogen (secondary N) is 1. The highest BCUT2D eigenvalue weighted by atomic mass is 35.5. The summed E-state index contributed by atoms with van der Waals surface area (Å²) in [6, 6.07) is 0. The van der Waals surface area contributed by atoms with Crippen molar-refractivity contribution in [2.45, 2.75) is 33.9 Å². The molecule has 5 heteroatoms. The van der Waals surface area contributed by atoms with Crippen LogP contribution in [0.15, 0.2) is 0 Å². The highest BCUT2D eigenvalue weighted by Crippen LogP contribution is 2.22. The van der Waals surface area contributed by atoms with Crippen molar-refractivity contribution in [2.24, 2.45) is 0 Å². The van der Waals surface area contributed by atoms with Crippen LogP contribution in [0.2, 0.25) is 0 Å². The van der Waals surface area contributed by atoms with Crippen molar-refractivity contribution in [1.82, 2.24) is 19.9 Å². The van der Waals surface area contributed by atoms with Crippen LogP contribution in [0.5, 0.6) is 0 Å². The van der Waals surface area contributed by atoms with Gasteiger partial charge in [-0.2, -0.15) is 5.10 Å². The van der Waals surface area contributed by atoms with E-state index >= 15 is 0 Å². The van der Waals surface area contributed by atoms with Crippen LogP contribution in [0.1, 0.15) is 28.2 Å². The minimum absolute atomic E-state index is 0. The monoisotopic (exact) mass is 238 g/mol. The van der Waals surface area contributed by atoms with Gasteiger partial charge in [-0.3, -0.25) is 0 Å². The predicted octanol–water partition coefficient (Wildman–Crippen LogP) is 1.68. The van der Waals surface area contributed by atoms with Gasteiger partial charge in [-0.15, -0.1) is 12.4 Å². The second-order valence-corrected chi connectivity index (χ2v) is 4.17. The number of fused-ring (bicyclic) bond motifs is 3. The molecule has 86 valence electrons. The van der Waals surface area contributed by atoms with Crippen LogP contribution in [-0.4, -0.2) is 14.6 Å². The van der Waals surface area contributed by atoms with Crippen LogP contribution < -0.4 is 5.32 Å². The topological polar surface area (TPSA) is 42.2 Å². The lowest BCUT2D eigenvalue weighted by molar-refractivity contribution is 0.726. The van der Waals surface area contributed by atoms with Crippen molar-refractivity contribution >= 4 is 18.1 Å². The molecule has 0 amide bonds. The molecule has 0 fully saturated rings. The maximum atomic E-state index is 4.63. The normalized spacial score (nSPS) is 13.9. The molecule has 0 spiro atoms. The van der Waals surface area contributed by atoms with Gasteiger partial charge >= 0.3 is 0 Å². The van der Waals surface area contributed by atoms with E-state index in [0.717, 1.165) is 30.1 Å². The van der Waals surface area contributed by atoms with E-state index in [9.17, 15) is 0 Å². The Bertz CT molecular complexity index is 559. The maximum Gasteiger partial charge on any atom is 0.160 e. The summed E-state index contributed by atoms with van der Waals surface area (Å²) in [6.07, 6.45) is 0. The summed E-state index contributed by atoms with van der Waals surface area (Å²) in [5.74, 6) is 0. The van der Waals surface area contributed by atoms with E-state index in [0.29, 0.717) is 0 Å². The van der Waals surface area contributed by atoms with E-state index in [1.54, 1.807) is 0 Å². The summed E-state index contributed by atoms with van der Waals surface area (Å²) in [5.41, 5.74) is 6.98. The van der Waals surface area contributed by atoms with Crippen LogP contribution >= 0.6 is 12.4 Å². The summed E-state index contributed by atoms with van der Waals surface area (Å²) in [6.45, 7) is 8.03. The van der Waals surface area contributed by atoms with Crippen LogP contribution in [0, 0.1) is 20.8 Å². The average Bonchev–Trinajstić information content (AvgIpc) is 2.76. The first-order chi connectivity index (χ1) is 7.18. The SMILES string of the molecule is Cc1nc2c3c(nn2c(C)c1C)CNC3.Cl.